The largest absolute Gasteiger partial charge is 0.354 e. The van der Waals surface area contributed by atoms with Crippen LogP contribution in [0.2, 0.25) is 0 Å². The van der Waals surface area contributed by atoms with Gasteiger partial charge in [0.25, 0.3) is 0 Å². The zero-order valence-corrected chi connectivity index (χ0v) is 10.0. The molecule has 0 saturated carbocycles. The standard InChI is InChI=1S/C9H12BrNOS/c1-6-5-12-9(2,11-6)7-3-4-8(10)13-7/h3-4,6,11H,5H2,1-2H3. The molecule has 72 valence electrons. The van der Waals surface area contributed by atoms with E-state index in [9.17, 15) is 0 Å². The number of hydrogen-bond acceptors (Lipinski definition) is 3. The molecule has 0 amide bonds. The fourth-order valence-corrected chi connectivity index (χ4v) is 3.01. The fraction of sp³-hybridized carbons (Fsp3) is 0.556. The Morgan fingerprint density at radius 3 is 2.92 bits per heavy atom. The van der Waals surface area contributed by atoms with Gasteiger partial charge in [-0.3, -0.25) is 5.32 Å². The number of ether oxygens (including phenoxy) is 1. The van der Waals surface area contributed by atoms with Crippen molar-refractivity contribution in [1.29, 1.82) is 0 Å². The third-order valence-corrected chi connectivity index (χ3v) is 4.01. The summed E-state index contributed by atoms with van der Waals surface area (Å²) in [7, 11) is 0. The normalized spacial score (nSPS) is 33.9. The van der Waals surface area contributed by atoms with Crippen molar-refractivity contribution in [1.82, 2.24) is 5.32 Å². The van der Waals surface area contributed by atoms with E-state index in [2.05, 4.69) is 47.2 Å². The zero-order valence-electron chi connectivity index (χ0n) is 7.63. The molecule has 1 fully saturated rings. The number of thiophene rings is 1. The second-order valence-corrected chi connectivity index (χ2v) is 5.96. The predicted octanol–water partition coefficient (Wildman–Crippen LogP) is 2.69. The van der Waals surface area contributed by atoms with Crippen molar-refractivity contribution in [2.24, 2.45) is 0 Å². The van der Waals surface area contributed by atoms with Crippen molar-refractivity contribution in [3.63, 3.8) is 0 Å². The van der Waals surface area contributed by atoms with Crippen LogP contribution in [0.4, 0.5) is 0 Å². The molecule has 2 heterocycles. The highest BCUT2D eigenvalue weighted by Crippen LogP contribution is 2.34. The van der Waals surface area contributed by atoms with E-state index in [4.69, 9.17) is 4.74 Å². The molecule has 0 spiro atoms. The first-order valence-electron chi connectivity index (χ1n) is 4.27. The van der Waals surface area contributed by atoms with Crippen LogP contribution in [0.3, 0.4) is 0 Å². The van der Waals surface area contributed by atoms with Gasteiger partial charge in [0.2, 0.25) is 0 Å². The van der Waals surface area contributed by atoms with Gasteiger partial charge in [0.1, 0.15) is 0 Å². The van der Waals surface area contributed by atoms with Gasteiger partial charge in [0.05, 0.1) is 15.3 Å². The Kier molecular flexibility index (Phi) is 2.49. The van der Waals surface area contributed by atoms with Crippen LogP contribution >= 0.6 is 27.3 Å². The smallest absolute Gasteiger partial charge is 0.152 e. The Labute approximate surface area is 90.4 Å². The van der Waals surface area contributed by atoms with Crippen molar-refractivity contribution in [3.8, 4) is 0 Å². The summed E-state index contributed by atoms with van der Waals surface area (Å²) < 4.78 is 6.88. The molecule has 2 unspecified atom stereocenters. The lowest BCUT2D eigenvalue weighted by Crippen LogP contribution is -2.36. The van der Waals surface area contributed by atoms with Crippen LogP contribution < -0.4 is 5.32 Å². The van der Waals surface area contributed by atoms with Crippen LogP contribution in [0, 0.1) is 0 Å². The molecule has 2 nitrogen and oxygen atoms in total. The van der Waals surface area contributed by atoms with Gasteiger partial charge in [-0.25, -0.2) is 0 Å². The SMILES string of the molecule is CC1COC(C)(c2ccc(Br)s2)N1. The van der Waals surface area contributed by atoms with Gasteiger partial charge in [-0.1, -0.05) is 0 Å². The highest BCUT2D eigenvalue weighted by atomic mass is 79.9. The summed E-state index contributed by atoms with van der Waals surface area (Å²) in [5, 5.41) is 3.43. The van der Waals surface area contributed by atoms with E-state index in [1.54, 1.807) is 11.3 Å². The molecule has 0 radical (unpaired) electrons. The number of hydrogen-bond donors (Lipinski definition) is 1. The summed E-state index contributed by atoms with van der Waals surface area (Å²) in [5.41, 5.74) is -0.282. The Morgan fingerprint density at radius 2 is 2.46 bits per heavy atom. The second kappa shape index (κ2) is 3.35. The minimum atomic E-state index is -0.282. The van der Waals surface area contributed by atoms with E-state index in [-0.39, 0.29) is 5.72 Å². The van der Waals surface area contributed by atoms with Crippen molar-refractivity contribution >= 4 is 27.3 Å². The molecule has 4 heteroatoms. The van der Waals surface area contributed by atoms with Gasteiger partial charge in [-0.15, -0.1) is 11.3 Å². The topological polar surface area (TPSA) is 21.3 Å². The monoisotopic (exact) mass is 261 g/mol. The predicted molar refractivity (Wildman–Crippen MR) is 57.9 cm³/mol. The molecule has 13 heavy (non-hydrogen) atoms. The molecule has 0 aliphatic carbocycles. The Bertz CT molecular complexity index is 314. The molecule has 1 saturated heterocycles. The summed E-state index contributed by atoms with van der Waals surface area (Å²) in [5.74, 6) is 0. The molecule has 1 aliphatic heterocycles. The highest BCUT2D eigenvalue weighted by Gasteiger charge is 2.36. The molecule has 1 aliphatic rings. The van der Waals surface area contributed by atoms with Crippen molar-refractivity contribution in [2.45, 2.75) is 25.6 Å². The molecule has 2 rings (SSSR count). The minimum Gasteiger partial charge on any atom is -0.354 e. The number of rotatable bonds is 1. The number of nitrogens with one attached hydrogen (secondary N) is 1. The van der Waals surface area contributed by atoms with Gasteiger partial charge in [0, 0.05) is 6.04 Å². The zero-order chi connectivity index (χ0) is 9.47. The van der Waals surface area contributed by atoms with E-state index in [1.165, 1.54) is 4.88 Å². The maximum atomic E-state index is 5.73. The summed E-state index contributed by atoms with van der Waals surface area (Å²) in [4.78, 5) is 1.23. The Hall–Kier alpha value is 0.1000. The lowest BCUT2D eigenvalue weighted by atomic mass is 10.2. The van der Waals surface area contributed by atoms with Crippen molar-refractivity contribution in [3.05, 3.63) is 20.8 Å². The first-order chi connectivity index (χ1) is 6.10. The average molecular weight is 262 g/mol. The quantitative estimate of drug-likeness (QED) is 0.840. The maximum Gasteiger partial charge on any atom is 0.152 e. The van der Waals surface area contributed by atoms with Crippen LogP contribution in [0.25, 0.3) is 0 Å². The van der Waals surface area contributed by atoms with Gasteiger partial charge < -0.3 is 4.74 Å². The van der Waals surface area contributed by atoms with E-state index in [0.717, 1.165) is 10.4 Å². The van der Waals surface area contributed by atoms with E-state index in [1.807, 2.05) is 0 Å². The van der Waals surface area contributed by atoms with Gasteiger partial charge >= 0.3 is 0 Å². The molecule has 0 aromatic carbocycles. The summed E-state index contributed by atoms with van der Waals surface area (Å²) in [6.07, 6.45) is 0. The van der Waals surface area contributed by atoms with E-state index >= 15 is 0 Å². The summed E-state index contributed by atoms with van der Waals surface area (Å²) in [6, 6.07) is 4.59. The summed E-state index contributed by atoms with van der Waals surface area (Å²) in [6.45, 7) is 4.99. The second-order valence-electron chi connectivity index (χ2n) is 3.49. The van der Waals surface area contributed by atoms with Crippen LogP contribution in [0.5, 0.6) is 0 Å². The third-order valence-electron chi connectivity index (χ3n) is 2.19. The summed E-state index contributed by atoms with van der Waals surface area (Å²) >= 11 is 5.17. The lowest BCUT2D eigenvalue weighted by molar-refractivity contribution is 0.00550. The average Bonchev–Trinajstić information content (AvgIpc) is 2.60. The van der Waals surface area contributed by atoms with Gasteiger partial charge in [-0.2, -0.15) is 0 Å². The fourth-order valence-electron chi connectivity index (χ4n) is 1.56. The molecule has 1 N–H and O–H groups in total. The molecule has 2 atom stereocenters. The molecule has 0 bridgehead atoms. The molecule has 1 aromatic heterocycles. The third kappa shape index (κ3) is 1.81. The van der Waals surface area contributed by atoms with Crippen LogP contribution in [-0.4, -0.2) is 12.6 Å². The first kappa shape index (κ1) is 9.65. The van der Waals surface area contributed by atoms with Crippen LogP contribution in [-0.2, 0) is 10.5 Å². The minimum absolute atomic E-state index is 0.282. The van der Waals surface area contributed by atoms with Crippen molar-refractivity contribution in [2.75, 3.05) is 6.61 Å². The van der Waals surface area contributed by atoms with E-state index < -0.39 is 0 Å². The molecular formula is C9H12BrNOS. The lowest BCUT2D eigenvalue weighted by Gasteiger charge is -2.22. The first-order valence-corrected chi connectivity index (χ1v) is 5.88. The van der Waals surface area contributed by atoms with Crippen LogP contribution in [0.1, 0.15) is 18.7 Å². The Morgan fingerprint density at radius 1 is 1.69 bits per heavy atom. The van der Waals surface area contributed by atoms with E-state index in [0.29, 0.717) is 6.04 Å². The molecule has 1 aromatic rings. The van der Waals surface area contributed by atoms with Crippen molar-refractivity contribution < 1.29 is 4.74 Å². The number of halogens is 1. The highest BCUT2D eigenvalue weighted by molar-refractivity contribution is 9.11. The van der Waals surface area contributed by atoms with Crippen LogP contribution in [0.15, 0.2) is 15.9 Å². The molecular weight excluding hydrogens is 250 g/mol. The Balaban J connectivity index is 2.25. The maximum absolute atomic E-state index is 5.73. The van der Waals surface area contributed by atoms with Gasteiger partial charge in [0.15, 0.2) is 5.72 Å². The van der Waals surface area contributed by atoms with Gasteiger partial charge in [-0.05, 0) is 41.9 Å².